The van der Waals surface area contributed by atoms with Crippen LogP contribution in [0, 0.1) is 0 Å². The van der Waals surface area contributed by atoms with Crippen molar-refractivity contribution in [3.63, 3.8) is 0 Å². The zero-order chi connectivity index (χ0) is 49.4. The molecule has 378 valence electrons. The summed E-state index contributed by atoms with van der Waals surface area (Å²) in [6.07, 6.45) is 1.54. The molecule has 0 unspecified atom stereocenters. The van der Waals surface area contributed by atoms with Gasteiger partial charge in [-0.15, -0.1) is 20.4 Å². The Morgan fingerprint density at radius 3 is 0.971 bits per heavy atom. The standard InChI is InChI=1S/C50H65N13OS4.2Cu/c1-8-60(9-2)47(65)56-52-42(37-23-17-15-18-24-37)44(54-58-49(67)62(12-5)13-6)39-29-27-36(28-30-39)22-21-35-63(14-7)50(68)59-55-45(40-31-33-41(34-32-40)46(51)64)43(38-25-19-16-20-26-38)53-57-48(66)61(10-3)11-4;;/h15-20,23-34H,8-14,21-22,35H2,1-7H3,(H2,51,64)(H,56,65)(H,57,66)(H,58,67)(H,59,68);;/q;2*+2/p-4/b52-42+,53-43+,54-44+,55-45+;;. The first-order chi connectivity index (χ1) is 32.9. The Morgan fingerprint density at radius 1 is 0.400 bits per heavy atom. The molecule has 0 fully saturated rings. The maximum absolute atomic E-state index is 12.0. The number of rotatable bonds is 22. The second-order valence-electron chi connectivity index (χ2n) is 14.9. The van der Waals surface area contributed by atoms with Crippen LogP contribution in [-0.4, -0.2) is 121 Å². The van der Waals surface area contributed by atoms with Crippen LogP contribution in [0.3, 0.4) is 0 Å². The number of hydrogen-bond acceptors (Lipinski definition) is 13. The second-order valence-corrected chi connectivity index (χ2v) is 16.4. The van der Waals surface area contributed by atoms with E-state index in [1.165, 1.54) is 0 Å². The van der Waals surface area contributed by atoms with Crippen molar-refractivity contribution in [2.45, 2.75) is 61.3 Å². The van der Waals surface area contributed by atoms with E-state index in [1.54, 1.807) is 24.3 Å². The Balaban J connectivity index is 0.00000840. The van der Waals surface area contributed by atoms with Gasteiger partial charge in [0.25, 0.3) is 0 Å². The van der Waals surface area contributed by atoms with E-state index in [4.69, 9.17) is 71.6 Å². The second kappa shape index (κ2) is 32.7. The Bertz CT molecular complexity index is 2470. The van der Waals surface area contributed by atoms with Crippen molar-refractivity contribution in [3.05, 3.63) is 143 Å². The number of carbonyl (C=O) groups is 1. The van der Waals surface area contributed by atoms with Gasteiger partial charge in [-0.2, -0.15) is 20.4 Å². The molecule has 0 atom stereocenters. The van der Waals surface area contributed by atoms with E-state index in [1.807, 2.05) is 141 Å². The zero-order valence-corrected chi connectivity index (χ0v) is 45.7. The van der Waals surface area contributed by atoms with Crippen LogP contribution in [0.15, 0.2) is 150 Å². The minimum absolute atomic E-state index is 0. The number of carbonyl (C=O) groups excluding carboxylic acids is 1. The van der Waals surface area contributed by atoms with Crippen LogP contribution in [-0.2, 0) is 91.1 Å². The molecule has 0 aliphatic rings. The Labute approximate surface area is 457 Å². The Kier molecular flexibility index (Phi) is 28.4. The topological polar surface area (TPSA) is 155 Å². The van der Waals surface area contributed by atoms with Gasteiger partial charge < -0.3 is 75.8 Å². The molecule has 0 heterocycles. The van der Waals surface area contributed by atoms with E-state index >= 15 is 0 Å². The van der Waals surface area contributed by atoms with Gasteiger partial charge in [-0.3, -0.25) is 4.79 Å². The molecule has 70 heavy (non-hydrogen) atoms. The SMILES string of the molecule is CCN(CC)/C([S-])=N/N=C(/C(=N/N=C(\[S-])N(CC)CC)c1ccc(CCCN(CC)/C([S-])=N/N=C(/C(=N/N=C(\[S-])N(CC)CC)c2ccccc2)c2ccc(C(N)=O)cc2)cc1)c1ccccc1.[Cu+2].[Cu+2]. The predicted octanol–water partition coefficient (Wildman–Crippen LogP) is 7.59. The molecule has 4 aromatic rings. The van der Waals surface area contributed by atoms with Crippen molar-refractivity contribution in [1.29, 1.82) is 0 Å². The molecule has 1 amide bonds. The number of nitrogens with two attached hydrogens (primary N) is 1. The summed E-state index contributed by atoms with van der Waals surface area (Å²) in [5.41, 5.74) is 11.9. The zero-order valence-electron chi connectivity index (χ0n) is 40.6. The normalized spacial score (nSPS) is 13.0. The maximum atomic E-state index is 12.0. The largest absolute Gasteiger partial charge is 2.00 e. The Hall–Kier alpha value is -5.17. The van der Waals surface area contributed by atoms with Gasteiger partial charge in [-0.05, 0) is 79.0 Å². The summed E-state index contributed by atoms with van der Waals surface area (Å²) in [6.45, 7) is 19.6. The van der Waals surface area contributed by atoms with Crippen molar-refractivity contribution in [3.8, 4) is 0 Å². The molecule has 0 aliphatic heterocycles. The minimum Gasteiger partial charge on any atom is -0.741 e. The third kappa shape index (κ3) is 18.2. The first-order valence-corrected chi connectivity index (χ1v) is 24.5. The van der Waals surface area contributed by atoms with E-state index in [0.29, 0.717) is 107 Å². The van der Waals surface area contributed by atoms with Crippen molar-refractivity contribution < 1.29 is 38.9 Å². The summed E-state index contributed by atoms with van der Waals surface area (Å²) in [7, 11) is 0. The van der Waals surface area contributed by atoms with Gasteiger partial charge in [0, 0.05) is 101 Å². The number of primary amides is 1. The van der Waals surface area contributed by atoms with Gasteiger partial charge in [0.15, 0.2) is 0 Å². The molecule has 0 saturated carbocycles. The van der Waals surface area contributed by atoms with E-state index in [9.17, 15) is 4.79 Å². The number of amidine groups is 4. The van der Waals surface area contributed by atoms with E-state index in [2.05, 4.69) is 37.6 Å². The number of hydrogen-bond donors (Lipinski definition) is 1. The smallest absolute Gasteiger partial charge is 0.741 e. The summed E-state index contributed by atoms with van der Waals surface area (Å²) in [5.74, 6) is -0.543. The molecule has 0 spiro atoms. The number of amides is 1. The third-order valence-electron chi connectivity index (χ3n) is 10.8. The molecule has 2 radical (unpaired) electrons. The van der Waals surface area contributed by atoms with Gasteiger partial charge in [-0.25, -0.2) is 0 Å². The first-order valence-electron chi connectivity index (χ1n) is 22.8. The van der Waals surface area contributed by atoms with Crippen molar-refractivity contribution in [1.82, 2.24) is 19.6 Å². The van der Waals surface area contributed by atoms with Gasteiger partial charge in [0.05, 0.1) is 0 Å². The van der Waals surface area contributed by atoms with E-state index < -0.39 is 5.91 Å². The summed E-state index contributed by atoms with van der Waals surface area (Å²) >= 11 is 22.8. The monoisotopic (exact) mass is 1110 g/mol. The molecule has 0 saturated heterocycles. The fourth-order valence-corrected chi connectivity index (χ4v) is 7.91. The fraction of sp³-hybridized carbons (Fsp3) is 0.340. The number of benzene rings is 4. The minimum atomic E-state index is -0.543. The summed E-state index contributed by atoms with van der Waals surface area (Å²) in [5, 5.41) is 38.3. The predicted molar refractivity (Wildman–Crippen MR) is 294 cm³/mol. The van der Waals surface area contributed by atoms with Gasteiger partial charge >= 0.3 is 34.1 Å². The fourth-order valence-electron chi connectivity index (χ4n) is 6.75. The molecule has 0 aromatic heterocycles. The molecule has 0 bridgehead atoms. The van der Waals surface area contributed by atoms with Crippen molar-refractivity contribution in [2.24, 2.45) is 46.5 Å². The number of aryl methyl sites for hydroxylation is 1. The molecule has 20 heteroatoms. The van der Waals surface area contributed by atoms with Crippen LogP contribution in [0.25, 0.3) is 0 Å². The van der Waals surface area contributed by atoms with Crippen LogP contribution in [0.4, 0.5) is 0 Å². The molecular formula is C50H61Cu2N13OS4. The van der Waals surface area contributed by atoms with E-state index in [-0.39, 0.29) is 34.1 Å². The molecule has 4 rings (SSSR count). The van der Waals surface area contributed by atoms with Gasteiger partial charge in [0.1, 0.15) is 22.8 Å². The molecule has 0 aliphatic carbocycles. The van der Waals surface area contributed by atoms with E-state index in [0.717, 1.165) is 35.1 Å². The molecule has 2 N–H and O–H groups in total. The molecular weight excluding hydrogens is 1050 g/mol. The first kappa shape index (κ1) is 60.9. The van der Waals surface area contributed by atoms with Crippen LogP contribution < -0.4 is 5.73 Å². The summed E-state index contributed by atoms with van der Waals surface area (Å²) < 4.78 is 0. The average molecular weight is 1120 g/mol. The summed E-state index contributed by atoms with van der Waals surface area (Å²) in [4.78, 5) is 19.8. The number of nitrogens with zero attached hydrogens (tertiary/aromatic N) is 12. The maximum Gasteiger partial charge on any atom is 2.00 e. The Morgan fingerprint density at radius 2 is 0.671 bits per heavy atom. The third-order valence-corrected chi connectivity index (χ3v) is 12.2. The van der Waals surface area contributed by atoms with Crippen LogP contribution in [0.1, 0.15) is 93.1 Å². The quantitative estimate of drug-likeness (QED) is 0.0276. The van der Waals surface area contributed by atoms with Crippen LogP contribution in [0.5, 0.6) is 0 Å². The molecule has 14 nitrogen and oxygen atoms in total. The van der Waals surface area contributed by atoms with Gasteiger partial charge in [0.2, 0.25) is 5.91 Å². The van der Waals surface area contributed by atoms with Crippen LogP contribution >= 0.6 is 0 Å². The van der Waals surface area contributed by atoms with Gasteiger partial charge in [-0.1, -0.05) is 97.1 Å². The summed E-state index contributed by atoms with van der Waals surface area (Å²) in [6, 6.07) is 34.3. The molecule has 4 aromatic carbocycles. The van der Waals surface area contributed by atoms with Crippen LogP contribution in [0.2, 0.25) is 0 Å². The average Bonchev–Trinajstić information content (AvgIpc) is 3.36. The van der Waals surface area contributed by atoms with Crippen molar-refractivity contribution >= 4 is 99.9 Å². The van der Waals surface area contributed by atoms with Crippen molar-refractivity contribution in [2.75, 3.05) is 52.4 Å².